The Morgan fingerprint density at radius 1 is 1.12 bits per heavy atom. The summed E-state index contributed by atoms with van der Waals surface area (Å²) in [6, 6.07) is 5.53. The number of rotatable bonds is 2. The van der Waals surface area contributed by atoms with E-state index in [4.69, 9.17) is 14.7 Å². The highest BCUT2D eigenvalue weighted by molar-refractivity contribution is 5.80. The first-order chi connectivity index (χ1) is 8.19. The molecule has 0 saturated heterocycles. The number of hydrogen-bond donors (Lipinski definition) is 0. The zero-order chi connectivity index (χ0) is 12.4. The van der Waals surface area contributed by atoms with Gasteiger partial charge < -0.3 is 9.47 Å². The number of aromatic nitrogens is 2. The molecule has 0 bridgehead atoms. The van der Waals surface area contributed by atoms with Crippen molar-refractivity contribution in [1.29, 1.82) is 5.26 Å². The van der Waals surface area contributed by atoms with Gasteiger partial charge in [0.05, 0.1) is 36.9 Å². The number of hydrogen-bond acceptors (Lipinski definition) is 5. The molecule has 0 N–H and O–H groups in total. The Balaban J connectivity index is 2.79. The standard InChI is InChI=1S/C12H11N3O2/c1-7-4-8(6-13)5-9-10(7)15-12(17-3)11(14-9)16-2/h4-5H,1-3H3. The number of benzene rings is 1. The van der Waals surface area contributed by atoms with Crippen LogP contribution >= 0.6 is 0 Å². The van der Waals surface area contributed by atoms with Crippen LogP contribution in [0.2, 0.25) is 0 Å². The van der Waals surface area contributed by atoms with Crippen LogP contribution < -0.4 is 9.47 Å². The van der Waals surface area contributed by atoms with Gasteiger partial charge in [0, 0.05) is 0 Å². The van der Waals surface area contributed by atoms with Gasteiger partial charge >= 0.3 is 0 Å². The number of fused-ring (bicyclic) bond motifs is 1. The fourth-order valence-corrected chi connectivity index (χ4v) is 1.63. The summed E-state index contributed by atoms with van der Waals surface area (Å²) < 4.78 is 10.2. The van der Waals surface area contributed by atoms with Crippen molar-refractivity contribution >= 4 is 11.0 Å². The lowest BCUT2D eigenvalue weighted by Crippen LogP contribution is -1.98. The van der Waals surface area contributed by atoms with Crippen LogP contribution in [0.15, 0.2) is 12.1 Å². The summed E-state index contributed by atoms with van der Waals surface area (Å²) in [5.74, 6) is 0.655. The third-order valence-electron chi connectivity index (χ3n) is 2.41. The molecule has 0 amide bonds. The topological polar surface area (TPSA) is 68.0 Å². The van der Waals surface area contributed by atoms with Crippen molar-refractivity contribution in [3.05, 3.63) is 23.3 Å². The molecular formula is C12H11N3O2. The minimum atomic E-state index is 0.314. The van der Waals surface area contributed by atoms with Crippen LogP contribution in [0.4, 0.5) is 0 Å². The van der Waals surface area contributed by atoms with Gasteiger partial charge in [-0.25, -0.2) is 9.97 Å². The Bertz CT molecular complexity index is 617. The largest absolute Gasteiger partial charge is 0.477 e. The van der Waals surface area contributed by atoms with Crippen molar-refractivity contribution in [3.63, 3.8) is 0 Å². The van der Waals surface area contributed by atoms with Gasteiger partial charge in [-0.15, -0.1) is 0 Å². The predicted octanol–water partition coefficient (Wildman–Crippen LogP) is 1.83. The van der Waals surface area contributed by atoms with Gasteiger partial charge in [0.2, 0.25) is 0 Å². The van der Waals surface area contributed by atoms with Crippen LogP contribution in [-0.2, 0) is 0 Å². The molecule has 0 radical (unpaired) electrons. The molecule has 86 valence electrons. The van der Waals surface area contributed by atoms with Crippen molar-refractivity contribution in [2.75, 3.05) is 14.2 Å². The monoisotopic (exact) mass is 229 g/mol. The maximum Gasteiger partial charge on any atom is 0.278 e. The molecule has 0 saturated carbocycles. The van der Waals surface area contributed by atoms with Gasteiger partial charge in [0.25, 0.3) is 11.8 Å². The normalized spacial score (nSPS) is 10.0. The summed E-state index contributed by atoms with van der Waals surface area (Å²) in [7, 11) is 3.01. The van der Waals surface area contributed by atoms with Crippen molar-refractivity contribution in [3.8, 4) is 17.8 Å². The zero-order valence-electron chi connectivity index (χ0n) is 9.81. The minimum Gasteiger partial charge on any atom is -0.477 e. The molecule has 0 aliphatic carbocycles. The first kappa shape index (κ1) is 11.1. The Morgan fingerprint density at radius 3 is 2.35 bits per heavy atom. The summed E-state index contributed by atoms with van der Waals surface area (Å²) in [5, 5.41) is 8.89. The number of aryl methyl sites for hydroxylation is 1. The summed E-state index contributed by atoms with van der Waals surface area (Å²) in [5.41, 5.74) is 2.77. The van der Waals surface area contributed by atoms with Gasteiger partial charge in [-0.2, -0.15) is 5.26 Å². The molecule has 1 aromatic heterocycles. The zero-order valence-corrected chi connectivity index (χ0v) is 9.81. The lowest BCUT2D eigenvalue weighted by atomic mass is 10.1. The average molecular weight is 229 g/mol. The molecule has 0 aliphatic rings. The fraction of sp³-hybridized carbons (Fsp3) is 0.250. The highest BCUT2D eigenvalue weighted by Crippen LogP contribution is 2.27. The summed E-state index contributed by atoms with van der Waals surface area (Å²) >= 11 is 0. The van der Waals surface area contributed by atoms with Gasteiger partial charge in [-0.1, -0.05) is 0 Å². The molecule has 0 aliphatic heterocycles. The van der Waals surface area contributed by atoms with Crippen LogP contribution in [0.3, 0.4) is 0 Å². The molecule has 17 heavy (non-hydrogen) atoms. The number of ether oxygens (including phenoxy) is 2. The second kappa shape index (κ2) is 4.26. The smallest absolute Gasteiger partial charge is 0.278 e. The molecule has 1 heterocycles. The van der Waals surface area contributed by atoms with E-state index in [0.29, 0.717) is 28.4 Å². The summed E-state index contributed by atoms with van der Waals surface area (Å²) in [4.78, 5) is 8.59. The quantitative estimate of drug-likeness (QED) is 0.785. The Hall–Kier alpha value is -2.35. The number of nitriles is 1. The molecule has 5 heteroatoms. The first-order valence-electron chi connectivity index (χ1n) is 5.00. The summed E-state index contributed by atoms with van der Waals surface area (Å²) in [6.45, 7) is 1.88. The molecule has 0 atom stereocenters. The molecule has 1 aromatic carbocycles. The van der Waals surface area contributed by atoms with Crippen LogP contribution in [0.25, 0.3) is 11.0 Å². The van der Waals surface area contributed by atoms with E-state index in [9.17, 15) is 0 Å². The molecule has 2 rings (SSSR count). The van der Waals surface area contributed by atoms with Crippen molar-refractivity contribution in [1.82, 2.24) is 9.97 Å². The molecule has 0 fully saturated rings. The van der Waals surface area contributed by atoms with E-state index in [1.807, 2.05) is 6.92 Å². The van der Waals surface area contributed by atoms with E-state index in [-0.39, 0.29) is 0 Å². The third kappa shape index (κ3) is 1.85. The van der Waals surface area contributed by atoms with Crippen LogP contribution in [0.1, 0.15) is 11.1 Å². The van der Waals surface area contributed by atoms with Crippen molar-refractivity contribution < 1.29 is 9.47 Å². The van der Waals surface area contributed by atoms with Gasteiger partial charge in [-0.05, 0) is 24.6 Å². The molecule has 5 nitrogen and oxygen atoms in total. The third-order valence-corrected chi connectivity index (χ3v) is 2.41. The summed E-state index contributed by atoms with van der Waals surface area (Å²) in [6.07, 6.45) is 0. The Kier molecular flexibility index (Phi) is 2.79. The fourth-order valence-electron chi connectivity index (χ4n) is 1.63. The maximum absolute atomic E-state index is 8.89. The lowest BCUT2D eigenvalue weighted by Gasteiger charge is -2.08. The van der Waals surface area contributed by atoms with Crippen LogP contribution in [0.5, 0.6) is 11.8 Å². The maximum atomic E-state index is 8.89. The molecular weight excluding hydrogens is 218 g/mol. The van der Waals surface area contributed by atoms with Gasteiger partial charge in [0.1, 0.15) is 0 Å². The van der Waals surface area contributed by atoms with E-state index in [1.54, 1.807) is 12.1 Å². The van der Waals surface area contributed by atoms with E-state index >= 15 is 0 Å². The minimum absolute atomic E-state index is 0.314. The predicted molar refractivity (Wildman–Crippen MR) is 62.1 cm³/mol. The Labute approximate surface area is 98.6 Å². The first-order valence-corrected chi connectivity index (χ1v) is 5.00. The van der Waals surface area contributed by atoms with E-state index in [0.717, 1.165) is 5.56 Å². The van der Waals surface area contributed by atoms with Crippen molar-refractivity contribution in [2.45, 2.75) is 6.92 Å². The molecule has 0 spiro atoms. The van der Waals surface area contributed by atoms with Gasteiger partial charge in [-0.3, -0.25) is 0 Å². The van der Waals surface area contributed by atoms with Crippen LogP contribution in [0, 0.1) is 18.3 Å². The van der Waals surface area contributed by atoms with E-state index in [1.165, 1.54) is 14.2 Å². The van der Waals surface area contributed by atoms with Crippen LogP contribution in [-0.4, -0.2) is 24.2 Å². The average Bonchev–Trinajstić information content (AvgIpc) is 2.36. The number of nitrogens with zero attached hydrogens (tertiary/aromatic N) is 3. The lowest BCUT2D eigenvalue weighted by molar-refractivity contribution is 0.334. The highest BCUT2D eigenvalue weighted by atomic mass is 16.5. The Morgan fingerprint density at radius 2 is 1.76 bits per heavy atom. The van der Waals surface area contributed by atoms with E-state index < -0.39 is 0 Å². The van der Waals surface area contributed by atoms with Crippen molar-refractivity contribution in [2.24, 2.45) is 0 Å². The SMILES string of the molecule is COc1nc2cc(C#N)cc(C)c2nc1OC. The van der Waals surface area contributed by atoms with E-state index in [2.05, 4.69) is 16.0 Å². The molecule has 0 unspecified atom stereocenters. The van der Waals surface area contributed by atoms with Gasteiger partial charge in [0.15, 0.2) is 0 Å². The second-order valence-electron chi connectivity index (χ2n) is 3.51. The number of methoxy groups -OCH3 is 2. The highest BCUT2D eigenvalue weighted by Gasteiger charge is 2.11. The molecule has 2 aromatic rings. The second-order valence-corrected chi connectivity index (χ2v) is 3.51.